The molecule has 2 nitrogen and oxygen atoms in total. The average Bonchev–Trinajstić information content (AvgIpc) is 2.18. The standard InChI is InChI=1S/C10H19N2S/c1-12(10(13)7-8-11)9-5-3-2-4-6-9/h9,11H,2-8H2,1H3. The molecule has 1 rings (SSSR count). The highest BCUT2D eigenvalue weighted by atomic mass is 32.1. The fourth-order valence-electron chi connectivity index (χ4n) is 1.96. The van der Waals surface area contributed by atoms with E-state index in [1.807, 2.05) is 0 Å². The quantitative estimate of drug-likeness (QED) is 0.652. The third-order valence-electron chi connectivity index (χ3n) is 2.85. The van der Waals surface area contributed by atoms with Gasteiger partial charge in [0.2, 0.25) is 0 Å². The Hall–Kier alpha value is -0.150. The van der Waals surface area contributed by atoms with E-state index in [-0.39, 0.29) is 0 Å². The van der Waals surface area contributed by atoms with Crippen LogP contribution in [-0.2, 0) is 0 Å². The first-order chi connectivity index (χ1) is 6.25. The summed E-state index contributed by atoms with van der Waals surface area (Å²) >= 11 is 5.26. The smallest absolute Gasteiger partial charge is 0.0792 e. The molecule has 1 aliphatic rings. The number of rotatable bonds is 3. The lowest BCUT2D eigenvalue weighted by Crippen LogP contribution is -2.37. The van der Waals surface area contributed by atoms with Gasteiger partial charge in [0, 0.05) is 26.1 Å². The molecular formula is C10H19N2S. The highest BCUT2D eigenvalue weighted by molar-refractivity contribution is 7.80. The maximum atomic E-state index is 7.13. The van der Waals surface area contributed by atoms with Crippen molar-refractivity contribution in [1.29, 1.82) is 0 Å². The summed E-state index contributed by atoms with van der Waals surface area (Å²) in [5.41, 5.74) is 7.13. The third-order valence-corrected chi connectivity index (χ3v) is 3.35. The van der Waals surface area contributed by atoms with Gasteiger partial charge in [0.05, 0.1) is 4.99 Å². The Morgan fingerprint density at radius 2 is 2.00 bits per heavy atom. The second kappa shape index (κ2) is 5.55. The largest absolute Gasteiger partial charge is 0.366 e. The number of nitrogens with zero attached hydrogens (tertiary/aromatic N) is 1. The van der Waals surface area contributed by atoms with Crippen LogP contribution in [0.5, 0.6) is 0 Å². The summed E-state index contributed by atoms with van der Waals surface area (Å²) in [6.07, 6.45) is 7.40. The Morgan fingerprint density at radius 1 is 1.38 bits per heavy atom. The third kappa shape index (κ3) is 3.24. The van der Waals surface area contributed by atoms with Gasteiger partial charge in [0.15, 0.2) is 0 Å². The topological polar surface area (TPSA) is 27.0 Å². The van der Waals surface area contributed by atoms with E-state index in [0.29, 0.717) is 12.6 Å². The molecule has 0 saturated heterocycles. The Morgan fingerprint density at radius 3 is 2.54 bits per heavy atom. The van der Waals surface area contributed by atoms with Gasteiger partial charge >= 0.3 is 0 Å². The van der Waals surface area contributed by atoms with Gasteiger partial charge in [-0.3, -0.25) is 5.73 Å². The van der Waals surface area contributed by atoms with Crippen molar-refractivity contribution < 1.29 is 0 Å². The summed E-state index contributed by atoms with van der Waals surface area (Å²) in [5.74, 6) is 0. The Labute approximate surface area is 86.5 Å². The van der Waals surface area contributed by atoms with Crippen molar-refractivity contribution in [3.8, 4) is 0 Å². The minimum atomic E-state index is 0.426. The van der Waals surface area contributed by atoms with Crippen molar-refractivity contribution in [2.75, 3.05) is 13.6 Å². The molecule has 0 aromatic heterocycles. The molecule has 0 bridgehead atoms. The van der Waals surface area contributed by atoms with Crippen LogP contribution in [0.3, 0.4) is 0 Å². The Kier molecular flexibility index (Phi) is 4.67. The van der Waals surface area contributed by atoms with Crippen LogP contribution in [0.1, 0.15) is 38.5 Å². The van der Waals surface area contributed by atoms with E-state index >= 15 is 0 Å². The highest BCUT2D eigenvalue weighted by Gasteiger charge is 2.19. The maximum absolute atomic E-state index is 7.13. The molecule has 0 aromatic carbocycles. The van der Waals surface area contributed by atoms with E-state index in [0.717, 1.165) is 11.4 Å². The van der Waals surface area contributed by atoms with Crippen molar-refractivity contribution in [3.05, 3.63) is 0 Å². The molecule has 75 valence electrons. The van der Waals surface area contributed by atoms with E-state index in [1.165, 1.54) is 32.1 Å². The summed E-state index contributed by atoms with van der Waals surface area (Å²) in [6.45, 7) is 0.426. The van der Waals surface area contributed by atoms with E-state index in [1.54, 1.807) is 0 Å². The van der Waals surface area contributed by atoms with Crippen molar-refractivity contribution in [1.82, 2.24) is 10.6 Å². The molecule has 0 amide bonds. The SMILES string of the molecule is CN(C(=S)CC[NH])C1CCCCC1. The summed E-state index contributed by atoms with van der Waals surface area (Å²) in [7, 11) is 2.09. The van der Waals surface area contributed by atoms with Crippen LogP contribution in [0.25, 0.3) is 0 Å². The fraction of sp³-hybridized carbons (Fsp3) is 0.900. The minimum Gasteiger partial charge on any atom is -0.366 e. The van der Waals surface area contributed by atoms with Gasteiger partial charge in [0.25, 0.3) is 0 Å². The van der Waals surface area contributed by atoms with Crippen LogP contribution in [-0.4, -0.2) is 29.5 Å². The van der Waals surface area contributed by atoms with Gasteiger partial charge in [-0.25, -0.2) is 0 Å². The molecule has 13 heavy (non-hydrogen) atoms. The van der Waals surface area contributed by atoms with E-state index in [2.05, 4.69) is 11.9 Å². The van der Waals surface area contributed by atoms with Gasteiger partial charge in [0.1, 0.15) is 0 Å². The number of nitrogens with one attached hydrogen (secondary N) is 1. The van der Waals surface area contributed by atoms with Gasteiger partial charge < -0.3 is 4.90 Å². The molecule has 1 radical (unpaired) electrons. The molecule has 1 fully saturated rings. The van der Waals surface area contributed by atoms with Crippen molar-refractivity contribution >= 4 is 17.2 Å². The molecule has 0 atom stereocenters. The number of thiocarbonyl (C=S) groups is 1. The highest BCUT2D eigenvalue weighted by Crippen LogP contribution is 2.22. The monoisotopic (exact) mass is 199 g/mol. The average molecular weight is 199 g/mol. The maximum Gasteiger partial charge on any atom is 0.0792 e. The summed E-state index contributed by atoms with van der Waals surface area (Å²) < 4.78 is 0. The first-order valence-corrected chi connectivity index (χ1v) is 5.56. The lowest BCUT2D eigenvalue weighted by Gasteiger charge is -2.33. The summed E-state index contributed by atoms with van der Waals surface area (Å²) in [4.78, 5) is 3.20. The van der Waals surface area contributed by atoms with Gasteiger partial charge in [-0.15, -0.1) is 0 Å². The first-order valence-electron chi connectivity index (χ1n) is 5.16. The predicted octanol–water partition coefficient (Wildman–Crippen LogP) is 2.25. The van der Waals surface area contributed by atoms with E-state index in [9.17, 15) is 0 Å². The molecule has 1 saturated carbocycles. The fourth-order valence-corrected chi connectivity index (χ4v) is 2.21. The van der Waals surface area contributed by atoms with Gasteiger partial charge in [-0.1, -0.05) is 31.5 Å². The van der Waals surface area contributed by atoms with Crippen LogP contribution in [0.2, 0.25) is 0 Å². The lowest BCUT2D eigenvalue weighted by atomic mass is 9.94. The van der Waals surface area contributed by atoms with E-state index < -0.39 is 0 Å². The van der Waals surface area contributed by atoms with Crippen LogP contribution in [0.4, 0.5) is 0 Å². The molecule has 3 heteroatoms. The zero-order valence-corrected chi connectivity index (χ0v) is 9.20. The Bertz CT molecular complexity index is 164. The molecule has 0 unspecified atom stereocenters. The van der Waals surface area contributed by atoms with Crippen LogP contribution < -0.4 is 5.73 Å². The normalized spacial score (nSPS) is 18.6. The molecule has 0 heterocycles. The van der Waals surface area contributed by atoms with Crippen molar-refractivity contribution in [2.45, 2.75) is 44.6 Å². The molecule has 0 spiro atoms. The number of hydrogen-bond donors (Lipinski definition) is 0. The van der Waals surface area contributed by atoms with E-state index in [4.69, 9.17) is 18.0 Å². The minimum absolute atomic E-state index is 0.426. The lowest BCUT2D eigenvalue weighted by molar-refractivity contribution is 0.278. The van der Waals surface area contributed by atoms with Crippen LogP contribution in [0.15, 0.2) is 0 Å². The molecule has 1 aliphatic carbocycles. The Balaban J connectivity index is 2.35. The molecule has 0 aromatic rings. The number of hydrogen-bond acceptors (Lipinski definition) is 1. The summed E-state index contributed by atoms with van der Waals surface area (Å²) in [5, 5.41) is 0. The zero-order chi connectivity index (χ0) is 9.68. The molecular weight excluding hydrogens is 180 g/mol. The second-order valence-corrected chi connectivity index (χ2v) is 4.27. The van der Waals surface area contributed by atoms with Crippen LogP contribution in [0, 0.1) is 0 Å². The molecule has 1 N–H and O–H groups in total. The van der Waals surface area contributed by atoms with Crippen molar-refractivity contribution in [3.63, 3.8) is 0 Å². The van der Waals surface area contributed by atoms with Crippen LogP contribution >= 0.6 is 12.2 Å². The van der Waals surface area contributed by atoms with Gasteiger partial charge in [-0.05, 0) is 12.8 Å². The predicted molar refractivity (Wildman–Crippen MR) is 59.8 cm³/mol. The molecule has 0 aliphatic heterocycles. The van der Waals surface area contributed by atoms with Gasteiger partial charge in [-0.2, -0.15) is 0 Å². The van der Waals surface area contributed by atoms with Crippen molar-refractivity contribution in [2.24, 2.45) is 0 Å². The summed E-state index contributed by atoms with van der Waals surface area (Å²) in [6, 6.07) is 0.660. The zero-order valence-electron chi connectivity index (χ0n) is 8.38. The second-order valence-electron chi connectivity index (χ2n) is 3.80. The first kappa shape index (κ1) is 10.9.